The molecule has 1 N–H and O–H groups in total. The van der Waals surface area contributed by atoms with Crippen LogP contribution in [-0.2, 0) is 15.7 Å². The molecule has 33 heavy (non-hydrogen) atoms. The van der Waals surface area contributed by atoms with Gasteiger partial charge in [0.2, 0.25) is 5.75 Å². The lowest BCUT2D eigenvalue weighted by atomic mass is 10.2. The SMILES string of the molecule is CC(=CCOc1cc(Oc2ccc(C(F)(F)F)cc2Cl)ccc1[N+](=O)[O-])C(=O)OC(C)CO. The Labute approximate surface area is 191 Å². The summed E-state index contributed by atoms with van der Waals surface area (Å²) in [6, 6.07) is 6.00. The molecule has 178 valence electrons. The molecule has 2 aromatic carbocycles. The molecule has 0 aromatic heterocycles. The molecule has 0 aliphatic rings. The molecule has 0 fully saturated rings. The Hall–Kier alpha value is -3.31. The van der Waals surface area contributed by atoms with Crippen molar-refractivity contribution in [3.8, 4) is 17.2 Å². The maximum Gasteiger partial charge on any atom is 0.416 e. The van der Waals surface area contributed by atoms with E-state index in [0.717, 1.165) is 18.2 Å². The Morgan fingerprint density at radius 3 is 2.52 bits per heavy atom. The number of aliphatic hydroxyl groups is 1. The number of benzene rings is 2. The van der Waals surface area contributed by atoms with E-state index in [2.05, 4.69) is 0 Å². The van der Waals surface area contributed by atoms with Gasteiger partial charge in [-0.05, 0) is 44.2 Å². The molecule has 12 heteroatoms. The zero-order chi connectivity index (χ0) is 24.8. The zero-order valence-corrected chi connectivity index (χ0v) is 18.1. The summed E-state index contributed by atoms with van der Waals surface area (Å²) in [7, 11) is 0. The number of esters is 1. The van der Waals surface area contributed by atoms with Gasteiger partial charge >= 0.3 is 17.8 Å². The van der Waals surface area contributed by atoms with Crippen LogP contribution < -0.4 is 9.47 Å². The van der Waals surface area contributed by atoms with Crippen molar-refractivity contribution in [2.45, 2.75) is 26.1 Å². The van der Waals surface area contributed by atoms with E-state index in [0.29, 0.717) is 6.07 Å². The smallest absolute Gasteiger partial charge is 0.416 e. The minimum absolute atomic E-state index is 0.0224. The van der Waals surface area contributed by atoms with Crippen LogP contribution in [0, 0.1) is 10.1 Å². The molecule has 0 aliphatic carbocycles. The van der Waals surface area contributed by atoms with Crippen molar-refractivity contribution in [2.75, 3.05) is 13.2 Å². The molecule has 1 atom stereocenters. The van der Waals surface area contributed by atoms with Crippen LogP contribution in [0.3, 0.4) is 0 Å². The predicted octanol–water partition coefficient (Wildman–Crippen LogP) is 5.31. The van der Waals surface area contributed by atoms with Crippen molar-refractivity contribution in [3.63, 3.8) is 0 Å². The molecule has 2 aromatic rings. The van der Waals surface area contributed by atoms with Crippen LogP contribution in [0.15, 0.2) is 48.0 Å². The van der Waals surface area contributed by atoms with Gasteiger partial charge in [0.15, 0.2) is 0 Å². The number of carbonyl (C=O) groups is 1. The standard InChI is InChI=1S/C21H19ClF3NO7/c1-12(20(28)32-13(2)11-27)7-8-31-19-10-15(4-5-17(19)26(29)30)33-18-6-3-14(9-16(18)22)21(23,24)25/h3-7,9-10,13,27H,8,11H2,1-2H3. The number of hydrogen-bond acceptors (Lipinski definition) is 7. The van der Waals surface area contributed by atoms with Crippen molar-refractivity contribution < 1.29 is 42.2 Å². The number of alkyl halides is 3. The van der Waals surface area contributed by atoms with E-state index in [-0.39, 0.29) is 41.1 Å². The van der Waals surface area contributed by atoms with Gasteiger partial charge in [0.25, 0.3) is 0 Å². The number of nitro benzene ring substituents is 1. The van der Waals surface area contributed by atoms with E-state index >= 15 is 0 Å². The van der Waals surface area contributed by atoms with E-state index in [4.69, 9.17) is 30.9 Å². The highest BCUT2D eigenvalue weighted by Gasteiger charge is 2.31. The van der Waals surface area contributed by atoms with Crippen LogP contribution in [0.1, 0.15) is 19.4 Å². The van der Waals surface area contributed by atoms with Crippen LogP contribution in [0.4, 0.5) is 18.9 Å². The molecule has 0 spiro atoms. The quantitative estimate of drug-likeness (QED) is 0.220. The number of hydrogen-bond donors (Lipinski definition) is 1. The summed E-state index contributed by atoms with van der Waals surface area (Å²) in [6.07, 6.45) is -3.95. The molecule has 0 aliphatic heterocycles. The summed E-state index contributed by atoms with van der Waals surface area (Å²) in [5.41, 5.74) is -1.20. The largest absolute Gasteiger partial charge is 0.482 e. The van der Waals surface area contributed by atoms with Gasteiger partial charge in [-0.2, -0.15) is 13.2 Å². The lowest BCUT2D eigenvalue weighted by Gasteiger charge is -2.12. The molecule has 1 unspecified atom stereocenters. The molecule has 0 bridgehead atoms. The number of ether oxygens (including phenoxy) is 3. The average Bonchev–Trinajstić information content (AvgIpc) is 2.74. The monoisotopic (exact) mass is 489 g/mol. The Morgan fingerprint density at radius 1 is 1.24 bits per heavy atom. The Balaban J connectivity index is 2.19. The summed E-state index contributed by atoms with van der Waals surface area (Å²) in [5, 5.41) is 19.9. The summed E-state index contributed by atoms with van der Waals surface area (Å²) >= 11 is 5.87. The molecule has 0 heterocycles. The lowest BCUT2D eigenvalue weighted by molar-refractivity contribution is -0.385. The second-order valence-electron chi connectivity index (χ2n) is 6.73. The zero-order valence-electron chi connectivity index (χ0n) is 17.4. The fourth-order valence-corrected chi connectivity index (χ4v) is 2.58. The summed E-state index contributed by atoms with van der Waals surface area (Å²) in [4.78, 5) is 22.4. The molecule has 0 amide bonds. The Bertz CT molecular complexity index is 1060. The minimum atomic E-state index is -4.58. The van der Waals surface area contributed by atoms with Crippen LogP contribution in [0.5, 0.6) is 17.2 Å². The third-order valence-corrected chi connectivity index (χ3v) is 4.43. The highest BCUT2D eigenvalue weighted by atomic mass is 35.5. The number of nitrogens with zero attached hydrogens (tertiary/aromatic N) is 1. The minimum Gasteiger partial charge on any atom is -0.482 e. The van der Waals surface area contributed by atoms with Crippen LogP contribution in [-0.4, -0.2) is 35.3 Å². The van der Waals surface area contributed by atoms with E-state index in [1.165, 1.54) is 32.1 Å². The first-order valence-electron chi connectivity index (χ1n) is 9.36. The first-order chi connectivity index (χ1) is 15.4. The second kappa shape index (κ2) is 11.0. The number of carbonyl (C=O) groups excluding carboxylic acids is 1. The van der Waals surface area contributed by atoms with Crippen LogP contribution in [0.2, 0.25) is 5.02 Å². The van der Waals surface area contributed by atoms with E-state index in [1.54, 1.807) is 0 Å². The van der Waals surface area contributed by atoms with Crippen LogP contribution in [0.25, 0.3) is 0 Å². The van der Waals surface area contributed by atoms with Crippen molar-refractivity contribution in [3.05, 3.63) is 68.7 Å². The number of halogens is 4. The average molecular weight is 490 g/mol. The normalized spacial score (nSPS) is 12.8. The van der Waals surface area contributed by atoms with Gasteiger partial charge in [-0.1, -0.05) is 11.6 Å². The van der Waals surface area contributed by atoms with Gasteiger partial charge in [-0.3, -0.25) is 10.1 Å². The molecule has 8 nitrogen and oxygen atoms in total. The second-order valence-corrected chi connectivity index (χ2v) is 7.14. The molecule has 2 rings (SSSR count). The number of rotatable bonds is 9. The first kappa shape index (κ1) is 25.9. The fourth-order valence-electron chi connectivity index (χ4n) is 2.36. The maximum absolute atomic E-state index is 12.8. The van der Waals surface area contributed by atoms with Gasteiger partial charge < -0.3 is 19.3 Å². The molecule has 0 radical (unpaired) electrons. The van der Waals surface area contributed by atoms with Gasteiger partial charge in [0.1, 0.15) is 24.2 Å². The predicted molar refractivity (Wildman–Crippen MR) is 112 cm³/mol. The van der Waals surface area contributed by atoms with E-state index in [1.807, 2.05) is 0 Å². The van der Waals surface area contributed by atoms with Gasteiger partial charge in [-0.25, -0.2) is 4.79 Å². The summed E-state index contributed by atoms with van der Waals surface area (Å²) < 4.78 is 54.1. The van der Waals surface area contributed by atoms with Crippen molar-refractivity contribution >= 4 is 23.3 Å². The fraction of sp³-hybridized carbons (Fsp3) is 0.286. The molecule has 0 saturated heterocycles. The summed E-state index contributed by atoms with van der Waals surface area (Å²) in [5.74, 6) is -0.972. The van der Waals surface area contributed by atoms with Gasteiger partial charge in [0.05, 0.1) is 22.1 Å². The number of aliphatic hydroxyl groups excluding tert-OH is 1. The Morgan fingerprint density at radius 2 is 1.94 bits per heavy atom. The lowest BCUT2D eigenvalue weighted by Crippen LogP contribution is -2.19. The first-order valence-corrected chi connectivity index (χ1v) is 9.74. The van der Waals surface area contributed by atoms with Crippen molar-refractivity contribution in [1.82, 2.24) is 0 Å². The van der Waals surface area contributed by atoms with Gasteiger partial charge in [0, 0.05) is 17.7 Å². The van der Waals surface area contributed by atoms with Crippen molar-refractivity contribution in [2.24, 2.45) is 0 Å². The highest BCUT2D eigenvalue weighted by Crippen LogP contribution is 2.38. The molecule has 0 saturated carbocycles. The van der Waals surface area contributed by atoms with E-state index < -0.39 is 34.4 Å². The topological polar surface area (TPSA) is 108 Å². The van der Waals surface area contributed by atoms with Crippen molar-refractivity contribution in [1.29, 1.82) is 0 Å². The Kier molecular flexibility index (Phi) is 8.66. The third kappa shape index (κ3) is 7.36. The molecular weight excluding hydrogens is 471 g/mol. The van der Waals surface area contributed by atoms with Crippen LogP contribution >= 0.6 is 11.6 Å². The number of nitro groups is 1. The molecular formula is C21H19ClF3NO7. The summed E-state index contributed by atoms with van der Waals surface area (Å²) in [6.45, 7) is 2.35. The van der Waals surface area contributed by atoms with Gasteiger partial charge in [-0.15, -0.1) is 0 Å². The van der Waals surface area contributed by atoms with E-state index in [9.17, 15) is 28.1 Å². The third-order valence-electron chi connectivity index (χ3n) is 4.13. The highest BCUT2D eigenvalue weighted by molar-refractivity contribution is 6.32. The maximum atomic E-state index is 12.8.